The molecule has 0 saturated carbocycles. The van der Waals surface area contributed by atoms with Crippen LogP contribution in [0.25, 0.3) is 0 Å². The van der Waals surface area contributed by atoms with Gasteiger partial charge in [0.2, 0.25) is 17.7 Å². The lowest BCUT2D eigenvalue weighted by Crippen LogP contribution is -2.57. The van der Waals surface area contributed by atoms with Gasteiger partial charge in [-0.2, -0.15) is 0 Å². The zero-order valence-corrected chi connectivity index (χ0v) is 27.7. The molecule has 0 aromatic heterocycles. The Morgan fingerprint density at radius 1 is 0.646 bits per heavy atom. The summed E-state index contributed by atoms with van der Waals surface area (Å²) in [6.07, 6.45) is 3.65. The Labute approximate surface area is 281 Å². The second-order valence-corrected chi connectivity index (χ2v) is 11.2. The Hall–Kier alpha value is -4.93. The van der Waals surface area contributed by atoms with Gasteiger partial charge in [0.15, 0.2) is 11.9 Å². The number of carbonyl (C=O) groups excluding carboxylic acids is 4. The Balaban J connectivity index is 3.17. The highest BCUT2D eigenvalue weighted by atomic mass is 16.4. The minimum Gasteiger partial charge on any atom is -0.480 e. The SMILES string of the molecule is CCCC[C@H](NC(=O)c1ccccc1)C(=O)N[C@@H](CCCCN)C(=O)N[C@@H](CCCN=C(N)N)C(=O)N[C@@H](CCCN=C(N)N)C(=O)O. The summed E-state index contributed by atoms with van der Waals surface area (Å²) in [6, 6.07) is 3.99. The van der Waals surface area contributed by atoms with Gasteiger partial charge in [-0.05, 0) is 70.0 Å². The number of nitrogens with two attached hydrogens (primary N) is 5. The number of hydrogen-bond acceptors (Lipinski definition) is 8. The van der Waals surface area contributed by atoms with Gasteiger partial charge in [0.05, 0.1) is 0 Å². The summed E-state index contributed by atoms with van der Waals surface area (Å²) in [5.74, 6) is -3.96. The van der Waals surface area contributed by atoms with Gasteiger partial charge in [0.25, 0.3) is 5.91 Å². The topological polar surface area (TPSA) is 309 Å². The molecular weight excluding hydrogens is 622 g/mol. The molecule has 17 heteroatoms. The van der Waals surface area contributed by atoms with E-state index in [1.54, 1.807) is 30.3 Å². The number of benzene rings is 1. The molecule has 0 radical (unpaired) electrons. The van der Waals surface area contributed by atoms with Gasteiger partial charge in [-0.3, -0.25) is 29.2 Å². The lowest BCUT2D eigenvalue weighted by molar-refractivity contribution is -0.142. The van der Waals surface area contributed by atoms with Crippen molar-refractivity contribution in [2.45, 2.75) is 95.3 Å². The van der Waals surface area contributed by atoms with Crippen molar-refractivity contribution in [2.75, 3.05) is 19.6 Å². The first-order valence-electron chi connectivity index (χ1n) is 16.2. The van der Waals surface area contributed by atoms with Crippen LogP contribution in [0.1, 0.15) is 81.5 Å². The van der Waals surface area contributed by atoms with Crippen molar-refractivity contribution in [1.29, 1.82) is 0 Å². The number of rotatable bonds is 24. The lowest BCUT2D eigenvalue weighted by atomic mass is 10.0. The average Bonchev–Trinajstić information content (AvgIpc) is 3.04. The van der Waals surface area contributed by atoms with E-state index in [-0.39, 0.29) is 57.1 Å². The molecule has 1 aromatic rings. The molecule has 1 aromatic carbocycles. The van der Waals surface area contributed by atoms with Gasteiger partial charge in [-0.1, -0.05) is 38.0 Å². The maximum Gasteiger partial charge on any atom is 0.326 e. The minimum absolute atomic E-state index is 0.0259. The van der Waals surface area contributed by atoms with Crippen LogP contribution < -0.4 is 49.9 Å². The van der Waals surface area contributed by atoms with Crippen LogP contribution in [-0.2, 0) is 19.2 Å². The van der Waals surface area contributed by atoms with Crippen molar-refractivity contribution in [3.63, 3.8) is 0 Å². The highest BCUT2D eigenvalue weighted by molar-refractivity contribution is 5.98. The molecule has 48 heavy (non-hydrogen) atoms. The van der Waals surface area contributed by atoms with Crippen LogP contribution in [0.3, 0.4) is 0 Å². The second-order valence-electron chi connectivity index (χ2n) is 11.2. The number of nitrogens with one attached hydrogen (secondary N) is 4. The first-order valence-corrected chi connectivity index (χ1v) is 16.2. The van der Waals surface area contributed by atoms with Gasteiger partial charge >= 0.3 is 5.97 Å². The lowest BCUT2D eigenvalue weighted by Gasteiger charge is -2.26. The number of aliphatic carboxylic acids is 1. The highest BCUT2D eigenvalue weighted by Crippen LogP contribution is 2.09. The van der Waals surface area contributed by atoms with Crippen molar-refractivity contribution in [3.05, 3.63) is 35.9 Å². The summed E-state index contributed by atoms with van der Waals surface area (Å²) in [5, 5.41) is 20.4. The van der Waals surface area contributed by atoms with E-state index in [1.165, 1.54) is 0 Å². The predicted octanol–water partition coefficient (Wildman–Crippen LogP) is -1.25. The fourth-order valence-corrected chi connectivity index (χ4v) is 4.62. The molecule has 0 aliphatic carbocycles. The van der Waals surface area contributed by atoms with Crippen LogP contribution in [0.5, 0.6) is 0 Å². The smallest absolute Gasteiger partial charge is 0.326 e. The number of amides is 4. The monoisotopic (exact) mass is 675 g/mol. The van der Waals surface area contributed by atoms with Crippen LogP contribution in [0.15, 0.2) is 40.3 Å². The van der Waals surface area contributed by atoms with Crippen LogP contribution in [0.4, 0.5) is 0 Å². The summed E-state index contributed by atoms with van der Waals surface area (Å²) in [4.78, 5) is 73.0. The van der Waals surface area contributed by atoms with Gasteiger partial charge in [-0.25, -0.2) is 4.79 Å². The van der Waals surface area contributed by atoms with Crippen molar-refractivity contribution >= 4 is 41.5 Å². The summed E-state index contributed by atoms with van der Waals surface area (Å²) >= 11 is 0. The summed E-state index contributed by atoms with van der Waals surface area (Å²) in [7, 11) is 0. The maximum absolute atomic E-state index is 13.7. The molecule has 0 aliphatic rings. The molecule has 0 saturated heterocycles. The van der Waals surface area contributed by atoms with E-state index < -0.39 is 53.8 Å². The standard InChI is InChI=1S/C31H53N11O6/c1-2-3-13-21(39-25(43)20-11-5-4-6-12-20)26(44)40-22(14-7-8-17-32)27(45)41-23(15-9-18-37-30(33)34)28(46)42-24(29(47)48)16-10-19-38-31(35)36/h4-6,11-12,21-24H,2-3,7-10,13-19,32H2,1H3,(H,39,43)(H,40,44)(H,41,45)(H,42,46)(H,47,48)(H4,33,34,37)(H4,35,36,38)/t21-,22-,23-,24-/m0/s1. The molecule has 15 N–H and O–H groups in total. The van der Waals surface area contributed by atoms with E-state index in [4.69, 9.17) is 28.7 Å². The number of carbonyl (C=O) groups is 5. The number of aliphatic imine (C=N–C) groups is 2. The van der Waals surface area contributed by atoms with Gasteiger partial charge in [0, 0.05) is 18.7 Å². The Morgan fingerprint density at radius 3 is 1.54 bits per heavy atom. The molecule has 0 bridgehead atoms. The van der Waals surface area contributed by atoms with E-state index in [0.29, 0.717) is 37.8 Å². The molecule has 4 amide bonds. The fourth-order valence-electron chi connectivity index (χ4n) is 4.62. The molecule has 0 aliphatic heterocycles. The van der Waals surface area contributed by atoms with E-state index in [1.807, 2.05) is 6.92 Å². The predicted molar refractivity (Wildman–Crippen MR) is 183 cm³/mol. The van der Waals surface area contributed by atoms with Crippen molar-refractivity contribution < 1.29 is 29.1 Å². The third-order valence-corrected chi connectivity index (χ3v) is 7.22. The van der Waals surface area contributed by atoms with Crippen LogP contribution in [-0.4, -0.2) is 90.4 Å². The van der Waals surface area contributed by atoms with Crippen molar-refractivity contribution in [2.24, 2.45) is 38.7 Å². The van der Waals surface area contributed by atoms with E-state index in [0.717, 1.165) is 6.42 Å². The number of hydrogen-bond donors (Lipinski definition) is 10. The number of nitrogens with zero attached hydrogens (tertiary/aromatic N) is 2. The average molecular weight is 676 g/mol. The Bertz CT molecular complexity index is 1220. The van der Waals surface area contributed by atoms with Crippen LogP contribution in [0, 0.1) is 0 Å². The molecular formula is C31H53N11O6. The molecule has 1 rings (SSSR count). The first kappa shape index (κ1) is 41.1. The molecule has 0 fully saturated rings. The number of carboxylic acids is 1. The number of guanidine groups is 2. The van der Waals surface area contributed by atoms with E-state index in [9.17, 15) is 29.1 Å². The third kappa shape index (κ3) is 17.1. The summed E-state index contributed by atoms with van der Waals surface area (Å²) in [6.45, 7) is 2.63. The number of unbranched alkanes of at least 4 members (excludes halogenated alkanes) is 2. The van der Waals surface area contributed by atoms with Gasteiger partial charge in [0.1, 0.15) is 24.2 Å². The number of carboxylic acid groups (broad SMARTS) is 1. The highest BCUT2D eigenvalue weighted by Gasteiger charge is 2.31. The molecule has 17 nitrogen and oxygen atoms in total. The Morgan fingerprint density at radius 2 is 1.08 bits per heavy atom. The molecule has 268 valence electrons. The second kappa shape index (κ2) is 23.4. The van der Waals surface area contributed by atoms with Gasteiger partial charge < -0.3 is 55.0 Å². The normalized spacial score (nSPS) is 13.1. The quantitative estimate of drug-likeness (QED) is 0.0351. The molecule has 0 heterocycles. The fraction of sp³-hybridized carbons (Fsp3) is 0.581. The zero-order valence-electron chi connectivity index (χ0n) is 27.7. The molecule has 4 atom stereocenters. The molecule has 0 spiro atoms. The Kier molecular flexibility index (Phi) is 20.0. The zero-order chi connectivity index (χ0) is 35.9. The summed E-state index contributed by atoms with van der Waals surface area (Å²) < 4.78 is 0. The molecule has 0 unspecified atom stereocenters. The maximum atomic E-state index is 13.7. The van der Waals surface area contributed by atoms with Crippen molar-refractivity contribution in [1.82, 2.24) is 21.3 Å². The van der Waals surface area contributed by atoms with Gasteiger partial charge in [-0.15, -0.1) is 0 Å². The first-order chi connectivity index (χ1) is 22.9. The third-order valence-electron chi connectivity index (χ3n) is 7.22. The van der Waals surface area contributed by atoms with E-state index >= 15 is 0 Å². The van der Waals surface area contributed by atoms with E-state index in [2.05, 4.69) is 31.3 Å². The minimum atomic E-state index is -1.28. The van der Waals surface area contributed by atoms with Crippen molar-refractivity contribution in [3.8, 4) is 0 Å². The van der Waals surface area contributed by atoms with Crippen LogP contribution in [0.2, 0.25) is 0 Å². The van der Waals surface area contributed by atoms with Crippen LogP contribution >= 0.6 is 0 Å². The summed E-state index contributed by atoms with van der Waals surface area (Å²) in [5.41, 5.74) is 27.5. The largest absolute Gasteiger partial charge is 0.480 e.